The van der Waals surface area contributed by atoms with E-state index in [1.54, 1.807) is 24.9 Å². The van der Waals surface area contributed by atoms with Crippen LogP contribution in [0.2, 0.25) is 0 Å². The van der Waals surface area contributed by atoms with Crippen LogP contribution in [0.5, 0.6) is 5.88 Å². The number of methoxy groups -OCH3 is 1. The van der Waals surface area contributed by atoms with Gasteiger partial charge in [0.05, 0.1) is 53.7 Å². The van der Waals surface area contributed by atoms with Crippen molar-refractivity contribution in [3.8, 4) is 16.5 Å². The maximum atomic E-state index is 13.8. The van der Waals surface area contributed by atoms with Gasteiger partial charge in [-0.25, -0.2) is 4.98 Å². The molecule has 3 aromatic heterocycles. The van der Waals surface area contributed by atoms with Crippen LogP contribution in [0.25, 0.3) is 10.6 Å². The van der Waals surface area contributed by atoms with Crippen LogP contribution < -0.4 is 10.1 Å². The Morgan fingerprint density at radius 1 is 1.19 bits per heavy atom. The lowest BCUT2D eigenvalue weighted by Gasteiger charge is -2.29. The Labute approximate surface area is 249 Å². The first-order valence-electron chi connectivity index (χ1n) is 14.0. The number of likely N-dealkylation sites (tertiary alicyclic amines) is 1. The highest BCUT2D eigenvalue weighted by Crippen LogP contribution is 2.33. The summed E-state index contributed by atoms with van der Waals surface area (Å²) >= 11 is 1.53. The third kappa shape index (κ3) is 7.71. The van der Waals surface area contributed by atoms with Gasteiger partial charge in [-0.1, -0.05) is 19.9 Å². The molecule has 1 aliphatic heterocycles. The Hall–Kier alpha value is -3.39. The number of β-amino-alcohol motifs (C(OH)–C–C–N with tert-alkyl or cyclic N) is 1. The fourth-order valence-electron chi connectivity index (χ4n) is 4.89. The van der Waals surface area contributed by atoms with E-state index in [4.69, 9.17) is 18.7 Å². The number of nitrogens with zero attached hydrogens (tertiary/aromatic N) is 4. The van der Waals surface area contributed by atoms with Gasteiger partial charge in [-0.05, 0) is 36.6 Å². The minimum atomic E-state index is -0.828. The third-order valence-electron chi connectivity index (χ3n) is 7.14. The summed E-state index contributed by atoms with van der Waals surface area (Å²) < 4.78 is 21.4. The topological polar surface area (TPSA) is 149 Å². The van der Waals surface area contributed by atoms with Crippen LogP contribution in [0.4, 0.5) is 0 Å². The number of hydrogen-bond acceptors (Lipinski definition) is 11. The molecule has 4 rings (SSSR count). The monoisotopic (exact) mass is 601 g/mol. The summed E-state index contributed by atoms with van der Waals surface area (Å²) in [6.07, 6.45) is 1.06. The maximum absolute atomic E-state index is 13.8. The molecule has 4 heterocycles. The highest BCUT2D eigenvalue weighted by atomic mass is 32.1. The first kappa shape index (κ1) is 31.5. The molecule has 3 aromatic rings. The van der Waals surface area contributed by atoms with Crippen molar-refractivity contribution in [2.45, 2.75) is 58.2 Å². The molecule has 0 radical (unpaired) electrons. The van der Waals surface area contributed by atoms with Gasteiger partial charge in [0.1, 0.15) is 18.6 Å². The van der Waals surface area contributed by atoms with Gasteiger partial charge in [-0.3, -0.25) is 14.6 Å². The Balaban J connectivity index is 1.39. The van der Waals surface area contributed by atoms with Crippen LogP contribution in [0.1, 0.15) is 56.2 Å². The number of aromatic nitrogens is 3. The molecule has 13 heteroatoms. The first-order chi connectivity index (χ1) is 20.2. The van der Waals surface area contributed by atoms with Gasteiger partial charge < -0.3 is 34.1 Å². The van der Waals surface area contributed by atoms with Crippen LogP contribution in [-0.2, 0) is 19.1 Å². The van der Waals surface area contributed by atoms with Crippen LogP contribution in [0.3, 0.4) is 0 Å². The van der Waals surface area contributed by atoms with Crippen molar-refractivity contribution in [3.05, 3.63) is 46.9 Å². The molecule has 0 aromatic carbocycles. The zero-order valence-electron chi connectivity index (χ0n) is 24.6. The van der Waals surface area contributed by atoms with Gasteiger partial charge in [-0.15, -0.1) is 11.3 Å². The molecular weight excluding hydrogens is 562 g/mol. The van der Waals surface area contributed by atoms with Crippen molar-refractivity contribution in [1.82, 2.24) is 25.3 Å². The quantitative estimate of drug-likeness (QED) is 0.264. The second-order valence-corrected chi connectivity index (χ2v) is 11.5. The van der Waals surface area contributed by atoms with E-state index in [0.717, 1.165) is 21.8 Å². The Bertz CT molecular complexity index is 1310. The largest absolute Gasteiger partial charge is 0.473 e. The summed E-state index contributed by atoms with van der Waals surface area (Å²) in [4.78, 5) is 38.5. The summed E-state index contributed by atoms with van der Waals surface area (Å²) in [5.74, 6) is -0.950. The highest BCUT2D eigenvalue weighted by Gasteiger charge is 2.43. The number of pyridine rings is 1. The number of nitrogens with one attached hydrogen (secondary N) is 1. The summed E-state index contributed by atoms with van der Waals surface area (Å²) in [6.45, 7) is 9.20. The van der Waals surface area contributed by atoms with Gasteiger partial charge in [-0.2, -0.15) is 0 Å². The van der Waals surface area contributed by atoms with Crippen molar-refractivity contribution >= 4 is 23.2 Å². The van der Waals surface area contributed by atoms with Gasteiger partial charge in [0.25, 0.3) is 5.88 Å². The van der Waals surface area contributed by atoms with Crippen LogP contribution in [0.15, 0.2) is 34.4 Å². The fraction of sp³-hybridized carbons (Fsp3) is 0.552. The molecule has 12 nitrogen and oxygen atoms in total. The molecule has 0 bridgehead atoms. The second-order valence-electron chi connectivity index (χ2n) is 10.6. The van der Waals surface area contributed by atoms with E-state index < -0.39 is 18.1 Å². The van der Waals surface area contributed by atoms with Crippen molar-refractivity contribution in [3.63, 3.8) is 0 Å². The molecule has 2 N–H and O–H groups in total. The van der Waals surface area contributed by atoms with Gasteiger partial charge >= 0.3 is 0 Å². The number of amides is 2. The Morgan fingerprint density at radius 3 is 2.64 bits per heavy atom. The Morgan fingerprint density at radius 2 is 1.98 bits per heavy atom. The van der Waals surface area contributed by atoms with Crippen molar-refractivity contribution in [2.75, 3.05) is 40.1 Å². The van der Waals surface area contributed by atoms with Crippen LogP contribution in [-0.4, -0.2) is 89.2 Å². The summed E-state index contributed by atoms with van der Waals surface area (Å²) in [5, 5.41) is 17.4. The molecular formula is C29H39N5O7S. The van der Waals surface area contributed by atoms with Crippen molar-refractivity contribution in [1.29, 1.82) is 0 Å². The van der Waals surface area contributed by atoms with E-state index in [9.17, 15) is 14.7 Å². The molecule has 0 saturated carbocycles. The van der Waals surface area contributed by atoms with E-state index in [1.165, 1.54) is 16.2 Å². The number of aryl methyl sites for hydroxylation is 1. The van der Waals surface area contributed by atoms with E-state index in [1.807, 2.05) is 39.8 Å². The summed E-state index contributed by atoms with van der Waals surface area (Å²) in [7, 11) is 1.60. The van der Waals surface area contributed by atoms with Crippen molar-refractivity contribution < 1.29 is 33.4 Å². The van der Waals surface area contributed by atoms with E-state index in [0.29, 0.717) is 25.6 Å². The number of carbonyl (C=O) groups is 2. The first-order valence-corrected chi connectivity index (χ1v) is 14.9. The standard InChI is InChI=1S/C29H39N5O7S/c1-17(2)26(24-13-25(33-41-24)40-11-10-39-9-8-38-5)29(37)34-15-21(35)12-23(34)28(36)32-18(3)20-6-7-22(30-14-20)27-19(4)31-16-42-27/h6-7,13-14,16-18,21,23,26,35H,8-12,15H2,1-5H3,(H,32,36)/t18-,21+,23-,26+/m0/s1. The molecule has 4 atom stereocenters. The molecule has 42 heavy (non-hydrogen) atoms. The van der Waals surface area contributed by atoms with Crippen molar-refractivity contribution in [2.24, 2.45) is 5.92 Å². The zero-order chi connectivity index (χ0) is 30.2. The molecule has 1 aliphatic rings. The number of aliphatic hydroxyl groups excluding tert-OH is 1. The highest BCUT2D eigenvalue weighted by molar-refractivity contribution is 7.13. The predicted octanol–water partition coefficient (Wildman–Crippen LogP) is 3.12. The predicted molar refractivity (Wildman–Crippen MR) is 155 cm³/mol. The Kier molecular flexibility index (Phi) is 11.0. The van der Waals surface area contributed by atoms with Gasteiger partial charge in [0.15, 0.2) is 5.76 Å². The summed E-state index contributed by atoms with van der Waals surface area (Å²) in [5.41, 5.74) is 4.35. The lowest BCUT2D eigenvalue weighted by Crippen LogP contribution is -2.48. The number of thiazole rings is 1. The molecule has 228 valence electrons. The van der Waals surface area contributed by atoms with E-state index in [-0.39, 0.29) is 49.2 Å². The van der Waals surface area contributed by atoms with E-state index in [2.05, 4.69) is 20.4 Å². The third-order valence-corrected chi connectivity index (χ3v) is 8.09. The van der Waals surface area contributed by atoms with Crippen LogP contribution >= 0.6 is 11.3 Å². The number of carbonyl (C=O) groups excluding carboxylic acids is 2. The maximum Gasteiger partial charge on any atom is 0.254 e. The molecule has 0 spiro atoms. The lowest BCUT2D eigenvalue weighted by molar-refractivity contribution is -0.141. The van der Waals surface area contributed by atoms with Gasteiger partial charge in [0, 0.05) is 32.3 Å². The smallest absolute Gasteiger partial charge is 0.254 e. The van der Waals surface area contributed by atoms with E-state index >= 15 is 0 Å². The number of hydrogen-bond donors (Lipinski definition) is 2. The summed E-state index contributed by atoms with van der Waals surface area (Å²) in [6, 6.07) is 4.23. The molecule has 0 unspecified atom stereocenters. The second kappa shape index (κ2) is 14.7. The molecule has 1 saturated heterocycles. The van der Waals surface area contributed by atoms with Gasteiger partial charge in [0.2, 0.25) is 11.8 Å². The minimum absolute atomic E-state index is 0.0509. The fourth-order valence-corrected chi connectivity index (χ4v) is 5.67. The average molecular weight is 602 g/mol. The number of rotatable bonds is 14. The minimum Gasteiger partial charge on any atom is -0.473 e. The average Bonchev–Trinajstić information content (AvgIpc) is 3.70. The number of ether oxygens (including phenoxy) is 3. The molecule has 0 aliphatic carbocycles. The SMILES string of the molecule is COCCOCCOc1cc([C@H](C(=O)N2C[C@H](O)C[C@H]2C(=O)N[C@@H](C)c2ccc(-c3scnc3C)nc2)C(C)C)on1. The molecule has 2 amide bonds. The normalized spacial score (nSPS) is 18.3. The van der Waals surface area contributed by atoms with Crippen LogP contribution in [0, 0.1) is 12.8 Å². The molecule has 1 fully saturated rings. The number of aliphatic hydroxyl groups is 1. The lowest BCUT2D eigenvalue weighted by atomic mass is 9.91. The zero-order valence-corrected chi connectivity index (χ0v) is 25.4.